The Kier molecular flexibility index (Phi) is 4.92. The Bertz CT molecular complexity index is 494. The van der Waals surface area contributed by atoms with E-state index < -0.39 is 12.6 Å². The number of hydrogen-bond acceptors (Lipinski definition) is 3. The molecule has 0 amide bonds. The number of Topliss-reactive ketones (excluding diaryl/α,β-unsaturated/α-hetero) is 1. The van der Waals surface area contributed by atoms with Crippen LogP contribution < -0.4 is 4.74 Å². The van der Waals surface area contributed by atoms with Crippen LogP contribution in [0.4, 0.5) is 0 Å². The number of carboxylic acids is 1. The molecule has 0 heterocycles. The smallest absolute Gasteiger partial charge is 0.341 e. The van der Waals surface area contributed by atoms with E-state index in [9.17, 15) is 9.59 Å². The molecule has 4 nitrogen and oxygen atoms in total. The van der Waals surface area contributed by atoms with Gasteiger partial charge in [0.2, 0.25) is 0 Å². The van der Waals surface area contributed by atoms with E-state index in [1.54, 1.807) is 0 Å². The summed E-state index contributed by atoms with van der Waals surface area (Å²) in [7, 11) is 0. The standard InChI is InChI=1S/C13H13ClO4/c1-3-8(2)13(17)9-4-5-11(10(14)6-9)18-7-12(15)16/h4-6H,2-3,7H2,1H3,(H,15,16). The summed E-state index contributed by atoms with van der Waals surface area (Å²) in [5.74, 6) is -1.03. The quantitative estimate of drug-likeness (QED) is 0.636. The first-order valence-electron chi connectivity index (χ1n) is 5.32. The van der Waals surface area contributed by atoms with Crippen LogP contribution in [0.15, 0.2) is 30.4 Å². The van der Waals surface area contributed by atoms with E-state index >= 15 is 0 Å². The van der Waals surface area contributed by atoms with Crippen LogP contribution in [0.3, 0.4) is 0 Å². The maximum atomic E-state index is 11.8. The van der Waals surface area contributed by atoms with E-state index in [4.69, 9.17) is 21.4 Å². The number of carbonyl (C=O) groups excluding carboxylic acids is 1. The maximum Gasteiger partial charge on any atom is 0.341 e. The largest absolute Gasteiger partial charge is 0.480 e. The summed E-state index contributed by atoms with van der Waals surface area (Å²) in [6.45, 7) is 5.02. The lowest BCUT2D eigenvalue weighted by Crippen LogP contribution is -2.10. The monoisotopic (exact) mass is 268 g/mol. The minimum absolute atomic E-state index is 0.177. The Morgan fingerprint density at radius 3 is 2.61 bits per heavy atom. The number of allylic oxidation sites excluding steroid dienone is 1. The van der Waals surface area contributed by atoms with E-state index in [2.05, 4.69) is 6.58 Å². The molecule has 0 aliphatic carbocycles. The molecule has 1 rings (SSSR count). The van der Waals surface area contributed by atoms with Crippen molar-refractivity contribution in [2.75, 3.05) is 6.61 Å². The number of aliphatic carboxylic acids is 1. The van der Waals surface area contributed by atoms with Gasteiger partial charge in [-0.1, -0.05) is 25.1 Å². The van der Waals surface area contributed by atoms with Crippen LogP contribution in [0.25, 0.3) is 0 Å². The Labute approximate surface area is 110 Å². The summed E-state index contributed by atoms with van der Waals surface area (Å²) in [5.41, 5.74) is 0.903. The highest BCUT2D eigenvalue weighted by atomic mass is 35.5. The molecular weight excluding hydrogens is 256 g/mol. The van der Waals surface area contributed by atoms with Gasteiger partial charge in [0.05, 0.1) is 5.02 Å². The molecule has 0 unspecified atom stereocenters. The lowest BCUT2D eigenvalue weighted by atomic mass is 10.0. The second kappa shape index (κ2) is 6.21. The maximum absolute atomic E-state index is 11.8. The molecule has 0 bridgehead atoms. The summed E-state index contributed by atoms with van der Waals surface area (Å²) in [6.07, 6.45) is 0.563. The van der Waals surface area contributed by atoms with Gasteiger partial charge in [-0.3, -0.25) is 4.79 Å². The summed E-state index contributed by atoms with van der Waals surface area (Å²) in [6, 6.07) is 4.45. The van der Waals surface area contributed by atoms with Crippen molar-refractivity contribution in [3.63, 3.8) is 0 Å². The number of ether oxygens (including phenoxy) is 1. The van der Waals surface area contributed by atoms with Crippen LogP contribution in [0.5, 0.6) is 5.75 Å². The molecule has 0 aliphatic rings. The predicted octanol–water partition coefficient (Wildman–Crippen LogP) is 2.95. The minimum Gasteiger partial charge on any atom is -0.480 e. The normalized spacial score (nSPS) is 9.89. The Balaban J connectivity index is 2.88. The summed E-state index contributed by atoms with van der Waals surface area (Å²) in [5, 5.41) is 8.68. The van der Waals surface area contributed by atoms with Crippen molar-refractivity contribution in [3.05, 3.63) is 40.9 Å². The molecule has 0 fully saturated rings. The van der Waals surface area contributed by atoms with Gasteiger partial charge in [0, 0.05) is 5.56 Å². The highest BCUT2D eigenvalue weighted by Crippen LogP contribution is 2.26. The van der Waals surface area contributed by atoms with Crippen LogP contribution in [0.1, 0.15) is 23.7 Å². The molecule has 0 aliphatic heterocycles. The molecule has 18 heavy (non-hydrogen) atoms. The van der Waals surface area contributed by atoms with Crippen molar-refractivity contribution < 1.29 is 19.4 Å². The highest BCUT2D eigenvalue weighted by Gasteiger charge is 2.12. The average Bonchev–Trinajstić information content (AvgIpc) is 2.35. The molecule has 0 saturated carbocycles. The van der Waals surface area contributed by atoms with Gasteiger partial charge in [-0.25, -0.2) is 4.79 Å². The van der Waals surface area contributed by atoms with Crippen LogP contribution in [0.2, 0.25) is 5.02 Å². The van der Waals surface area contributed by atoms with Gasteiger partial charge < -0.3 is 9.84 Å². The molecule has 1 N–H and O–H groups in total. The molecule has 96 valence electrons. The number of rotatable bonds is 6. The van der Waals surface area contributed by atoms with Crippen molar-refractivity contribution in [1.29, 1.82) is 0 Å². The van der Waals surface area contributed by atoms with Crippen molar-refractivity contribution in [2.45, 2.75) is 13.3 Å². The molecule has 5 heteroatoms. The van der Waals surface area contributed by atoms with E-state index in [1.807, 2.05) is 6.92 Å². The van der Waals surface area contributed by atoms with Gasteiger partial charge in [0.1, 0.15) is 5.75 Å². The van der Waals surface area contributed by atoms with Gasteiger partial charge in [0.25, 0.3) is 0 Å². The fraction of sp³-hybridized carbons (Fsp3) is 0.231. The molecule has 0 radical (unpaired) electrons. The van der Waals surface area contributed by atoms with Crippen LogP contribution >= 0.6 is 11.6 Å². The fourth-order valence-corrected chi connectivity index (χ4v) is 1.50. The van der Waals surface area contributed by atoms with E-state index in [0.29, 0.717) is 17.6 Å². The lowest BCUT2D eigenvalue weighted by molar-refractivity contribution is -0.139. The minimum atomic E-state index is -1.09. The van der Waals surface area contributed by atoms with Crippen molar-refractivity contribution in [3.8, 4) is 5.75 Å². The number of carbonyl (C=O) groups is 2. The topological polar surface area (TPSA) is 63.6 Å². The number of halogens is 1. The summed E-state index contributed by atoms with van der Waals surface area (Å²) >= 11 is 5.90. The SMILES string of the molecule is C=C(CC)C(=O)c1ccc(OCC(=O)O)c(Cl)c1. The zero-order chi connectivity index (χ0) is 13.7. The van der Waals surface area contributed by atoms with Gasteiger partial charge >= 0.3 is 5.97 Å². The zero-order valence-corrected chi connectivity index (χ0v) is 10.7. The third kappa shape index (κ3) is 3.60. The Morgan fingerprint density at radius 1 is 1.44 bits per heavy atom. The van der Waals surface area contributed by atoms with Gasteiger partial charge in [-0.2, -0.15) is 0 Å². The number of benzene rings is 1. The predicted molar refractivity (Wildman–Crippen MR) is 68.3 cm³/mol. The van der Waals surface area contributed by atoms with E-state index in [1.165, 1.54) is 18.2 Å². The molecule has 0 saturated heterocycles. The number of ketones is 1. The molecule has 1 aromatic rings. The van der Waals surface area contributed by atoms with Crippen LogP contribution in [-0.4, -0.2) is 23.5 Å². The molecule has 0 spiro atoms. The average molecular weight is 269 g/mol. The van der Waals surface area contributed by atoms with Crippen molar-refractivity contribution in [2.24, 2.45) is 0 Å². The Hall–Kier alpha value is -1.81. The number of hydrogen-bond donors (Lipinski definition) is 1. The molecule has 1 aromatic carbocycles. The third-order valence-electron chi connectivity index (χ3n) is 2.29. The molecule has 0 aromatic heterocycles. The second-order valence-corrected chi connectivity index (χ2v) is 4.02. The first-order chi connectivity index (χ1) is 8.45. The van der Waals surface area contributed by atoms with Gasteiger partial charge in [-0.05, 0) is 30.2 Å². The number of carboxylic acid groups (broad SMARTS) is 1. The summed E-state index contributed by atoms with van der Waals surface area (Å²) in [4.78, 5) is 22.2. The van der Waals surface area contributed by atoms with Crippen molar-refractivity contribution >= 4 is 23.4 Å². The third-order valence-corrected chi connectivity index (χ3v) is 2.59. The van der Waals surface area contributed by atoms with Crippen molar-refractivity contribution in [1.82, 2.24) is 0 Å². The first kappa shape index (κ1) is 14.3. The Morgan fingerprint density at radius 2 is 2.11 bits per heavy atom. The van der Waals surface area contributed by atoms with Crippen LogP contribution in [-0.2, 0) is 4.79 Å². The fourth-order valence-electron chi connectivity index (χ4n) is 1.26. The second-order valence-electron chi connectivity index (χ2n) is 3.61. The van der Waals surface area contributed by atoms with E-state index in [-0.39, 0.29) is 16.6 Å². The molecule has 0 atom stereocenters. The molecular formula is C13H13ClO4. The zero-order valence-electron chi connectivity index (χ0n) is 9.90. The lowest BCUT2D eigenvalue weighted by Gasteiger charge is -2.07. The van der Waals surface area contributed by atoms with E-state index in [0.717, 1.165) is 0 Å². The van der Waals surface area contributed by atoms with Gasteiger partial charge in [0.15, 0.2) is 12.4 Å². The highest BCUT2D eigenvalue weighted by molar-refractivity contribution is 6.32. The first-order valence-corrected chi connectivity index (χ1v) is 5.70. The van der Waals surface area contributed by atoms with Crippen LogP contribution in [0, 0.1) is 0 Å². The summed E-state index contributed by atoms with van der Waals surface area (Å²) < 4.78 is 4.95. The van der Waals surface area contributed by atoms with Gasteiger partial charge in [-0.15, -0.1) is 0 Å².